The van der Waals surface area contributed by atoms with Gasteiger partial charge in [0.05, 0.1) is 0 Å². The summed E-state index contributed by atoms with van der Waals surface area (Å²) >= 11 is 0. The van der Waals surface area contributed by atoms with Crippen LogP contribution >= 0.6 is 0 Å². The molecule has 2 aliphatic rings. The minimum atomic E-state index is -0.433. The van der Waals surface area contributed by atoms with Gasteiger partial charge in [-0.15, -0.1) is 0 Å². The van der Waals surface area contributed by atoms with Gasteiger partial charge in [-0.25, -0.2) is 0 Å². The number of benzene rings is 1. The van der Waals surface area contributed by atoms with E-state index in [4.69, 9.17) is 4.74 Å². The highest BCUT2D eigenvalue weighted by atomic mass is 16.5. The summed E-state index contributed by atoms with van der Waals surface area (Å²) in [5, 5.41) is 0. The van der Waals surface area contributed by atoms with E-state index in [1.807, 2.05) is 43.0 Å². The number of carbonyl (C=O) groups is 1. The Balaban J connectivity index is 1.50. The van der Waals surface area contributed by atoms with Crippen LogP contribution < -0.4 is 4.74 Å². The fraction of sp³-hybridized carbons (Fsp3) is 0.650. The largest absolute Gasteiger partial charge is 0.481 e. The molecular weight excluding hydrogens is 314 g/mol. The Kier molecular flexibility index (Phi) is 5.97. The molecule has 138 valence electrons. The highest BCUT2D eigenvalue weighted by Gasteiger charge is 2.33. The lowest BCUT2D eigenvalue weighted by Gasteiger charge is -2.37. The number of likely N-dealkylation sites (N-methyl/N-ethyl adjacent to an activating group) is 1. The van der Waals surface area contributed by atoms with Crippen molar-refractivity contribution in [1.82, 2.24) is 14.7 Å². The molecule has 3 rings (SSSR count). The highest BCUT2D eigenvalue weighted by Crippen LogP contribution is 2.20. The number of hydrogen-bond donors (Lipinski definition) is 0. The SMILES string of the molecule is CCN1CCN([C@H]2CCN(C(=O)[C@H](C)Oc3cccc(C)c3)C2)CC1. The molecule has 0 bridgehead atoms. The molecule has 0 saturated carbocycles. The van der Waals surface area contributed by atoms with Crippen LogP contribution in [0.5, 0.6) is 5.75 Å². The first kappa shape index (κ1) is 18.2. The quantitative estimate of drug-likeness (QED) is 0.818. The number of ether oxygens (including phenoxy) is 1. The lowest BCUT2D eigenvalue weighted by molar-refractivity contribution is -0.137. The topological polar surface area (TPSA) is 36.0 Å². The van der Waals surface area contributed by atoms with Gasteiger partial charge in [-0.1, -0.05) is 19.1 Å². The predicted octanol–water partition coefficient (Wildman–Crippen LogP) is 2.00. The van der Waals surface area contributed by atoms with Crippen LogP contribution in [-0.2, 0) is 4.79 Å². The second-order valence-corrected chi connectivity index (χ2v) is 7.27. The number of amides is 1. The third-order valence-corrected chi connectivity index (χ3v) is 5.50. The first-order valence-corrected chi connectivity index (χ1v) is 9.55. The molecule has 2 aliphatic heterocycles. The lowest BCUT2D eigenvalue weighted by atomic mass is 10.2. The Morgan fingerprint density at radius 1 is 1.24 bits per heavy atom. The van der Waals surface area contributed by atoms with Gasteiger partial charge in [0.25, 0.3) is 5.91 Å². The molecule has 25 heavy (non-hydrogen) atoms. The average molecular weight is 345 g/mol. The third-order valence-electron chi connectivity index (χ3n) is 5.50. The Labute approximate surface area is 151 Å². The number of hydrogen-bond acceptors (Lipinski definition) is 4. The fourth-order valence-electron chi connectivity index (χ4n) is 3.89. The van der Waals surface area contributed by atoms with Crippen molar-refractivity contribution in [3.05, 3.63) is 29.8 Å². The summed E-state index contributed by atoms with van der Waals surface area (Å²) in [6.07, 6.45) is 0.646. The predicted molar refractivity (Wildman–Crippen MR) is 99.9 cm³/mol. The second kappa shape index (κ2) is 8.19. The molecule has 0 unspecified atom stereocenters. The molecule has 5 heteroatoms. The minimum absolute atomic E-state index is 0.108. The van der Waals surface area contributed by atoms with E-state index in [1.165, 1.54) is 0 Å². The molecule has 0 N–H and O–H groups in total. The molecule has 2 saturated heterocycles. The van der Waals surface area contributed by atoms with Crippen molar-refractivity contribution >= 4 is 5.91 Å². The minimum Gasteiger partial charge on any atom is -0.481 e. The van der Waals surface area contributed by atoms with Gasteiger partial charge in [0.2, 0.25) is 0 Å². The molecule has 2 fully saturated rings. The number of nitrogens with zero attached hydrogens (tertiary/aromatic N) is 3. The summed E-state index contributed by atoms with van der Waals surface area (Å²) < 4.78 is 5.87. The van der Waals surface area contributed by atoms with Gasteiger partial charge in [0.1, 0.15) is 5.75 Å². The molecule has 1 amide bonds. The van der Waals surface area contributed by atoms with Gasteiger partial charge in [-0.2, -0.15) is 0 Å². The van der Waals surface area contributed by atoms with E-state index in [2.05, 4.69) is 16.7 Å². The number of piperazine rings is 1. The smallest absolute Gasteiger partial charge is 0.263 e. The van der Waals surface area contributed by atoms with E-state index in [1.54, 1.807) is 0 Å². The summed E-state index contributed by atoms with van der Waals surface area (Å²) in [6, 6.07) is 8.39. The summed E-state index contributed by atoms with van der Waals surface area (Å²) in [7, 11) is 0. The van der Waals surface area contributed by atoms with Crippen molar-refractivity contribution in [3.63, 3.8) is 0 Å². The Hall–Kier alpha value is -1.59. The number of aryl methyl sites for hydroxylation is 1. The van der Waals surface area contributed by atoms with Gasteiger partial charge in [0.15, 0.2) is 6.10 Å². The molecule has 0 radical (unpaired) electrons. The van der Waals surface area contributed by atoms with E-state index < -0.39 is 6.10 Å². The molecule has 0 aromatic heterocycles. The Morgan fingerprint density at radius 2 is 2.00 bits per heavy atom. The first-order chi connectivity index (χ1) is 12.1. The lowest BCUT2D eigenvalue weighted by Crippen LogP contribution is -2.51. The van der Waals surface area contributed by atoms with Gasteiger partial charge >= 0.3 is 0 Å². The average Bonchev–Trinajstić information content (AvgIpc) is 3.11. The Morgan fingerprint density at radius 3 is 2.68 bits per heavy atom. The zero-order valence-corrected chi connectivity index (χ0v) is 15.8. The molecule has 5 nitrogen and oxygen atoms in total. The van der Waals surface area contributed by atoms with Crippen molar-refractivity contribution in [2.45, 2.75) is 39.3 Å². The van der Waals surface area contributed by atoms with Crippen LogP contribution in [0, 0.1) is 6.92 Å². The summed E-state index contributed by atoms with van der Waals surface area (Å²) in [5.41, 5.74) is 1.14. The van der Waals surface area contributed by atoms with Crippen molar-refractivity contribution in [3.8, 4) is 5.75 Å². The standard InChI is InChI=1S/C20H31N3O2/c1-4-21-10-12-22(13-11-21)18-8-9-23(15-18)20(24)17(3)25-19-7-5-6-16(2)14-19/h5-7,14,17-18H,4,8-13,15H2,1-3H3/t17-,18-/m0/s1. The zero-order valence-electron chi connectivity index (χ0n) is 15.8. The third kappa shape index (κ3) is 4.53. The van der Waals surface area contributed by atoms with Crippen LogP contribution in [0.25, 0.3) is 0 Å². The van der Waals surface area contributed by atoms with Gasteiger partial charge in [0, 0.05) is 45.3 Å². The van der Waals surface area contributed by atoms with E-state index in [0.29, 0.717) is 6.04 Å². The number of likely N-dealkylation sites (tertiary alicyclic amines) is 1. The van der Waals surface area contributed by atoms with Gasteiger partial charge in [-0.05, 0) is 44.5 Å². The maximum atomic E-state index is 12.7. The van der Waals surface area contributed by atoms with Crippen molar-refractivity contribution in [2.75, 3.05) is 45.8 Å². The van der Waals surface area contributed by atoms with E-state index in [9.17, 15) is 4.79 Å². The first-order valence-electron chi connectivity index (χ1n) is 9.55. The van der Waals surface area contributed by atoms with Crippen LogP contribution in [0.15, 0.2) is 24.3 Å². The normalized spacial score (nSPS) is 23.6. The molecule has 1 aromatic rings. The number of rotatable bonds is 5. The van der Waals surface area contributed by atoms with E-state index >= 15 is 0 Å². The Bertz CT molecular complexity index is 584. The monoisotopic (exact) mass is 345 g/mol. The maximum absolute atomic E-state index is 12.7. The highest BCUT2D eigenvalue weighted by molar-refractivity contribution is 5.81. The summed E-state index contributed by atoms with van der Waals surface area (Å²) in [5.74, 6) is 0.878. The van der Waals surface area contributed by atoms with E-state index in [-0.39, 0.29) is 5.91 Å². The fourth-order valence-corrected chi connectivity index (χ4v) is 3.89. The molecule has 0 aliphatic carbocycles. The van der Waals surface area contributed by atoms with Crippen LogP contribution in [0.2, 0.25) is 0 Å². The van der Waals surface area contributed by atoms with Crippen molar-refractivity contribution < 1.29 is 9.53 Å². The van der Waals surface area contributed by atoms with Gasteiger partial charge < -0.3 is 14.5 Å². The van der Waals surface area contributed by atoms with Crippen LogP contribution in [0.1, 0.15) is 25.8 Å². The number of carbonyl (C=O) groups excluding carboxylic acids is 1. The molecule has 2 heterocycles. The zero-order chi connectivity index (χ0) is 17.8. The summed E-state index contributed by atoms with van der Waals surface area (Å²) in [6.45, 7) is 13.5. The second-order valence-electron chi connectivity index (χ2n) is 7.27. The van der Waals surface area contributed by atoms with Crippen molar-refractivity contribution in [2.24, 2.45) is 0 Å². The summed E-state index contributed by atoms with van der Waals surface area (Å²) in [4.78, 5) is 19.8. The molecular formula is C20H31N3O2. The van der Waals surface area contributed by atoms with Gasteiger partial charge in [-0.3, -0.25) is 9.69 Å². The molecule has 1 aromatic carbocycles. The van der Waals surface area contributed by atoms with Crippen LogP contribution in [-0.4, -0.2) is 78.6 Å². The van der Waals surface area contributed by atoms with Crippen LogP contribution in [0.3, 0.4) is 0 Å². The maximum Gasteiger partial charge on any atom is 0.263 e. The molecule has 2 atom stereocenters. The molecule has 0 spiro atoms. The van der Waals surface area contributed by atoms with Crippen molar-refractivity contribution in [1.29, 1.82) is 0 Å². The van der Waals surface area contributed by atoms with Crippen LogP contribution in [0.4, 0.5) is 0 Å². The van der Waals surface area contributed by atoms with E-state index in [0.717, 1.165) is 63.5 Å².